The van der Waals surface area contributed by atoms with E-state index in [9.17, 15) is 14.4 Å². The van der Waals surface area contributed by atoms with Crippen molar-refractivity contribution in [3.05, 3.63) is 0 Å². The van der Waals surface area contributed by atoms with Gasteiger partial charge in [0.05, 0.1) is 13.2 Å². The summed E-state index contributed by atoms with van der Waals surface area (Å²) in [5.74, 6) is -0.436. The number of rotatable bonds is 5. The standard InChI is InChI=1S/C14H23NO4/c1-5-19-13(18)14(3,4)12(17)9-15-7-6-11(16)10(2)8-15/h10H,5-9H2,1-4H3. The van der Waals surface area contributed by atoms with Crippen molar-refractivity contribution in [1.29, 1.82) is 0 Å². The Morgan fingerprint density at radius 1 is 1.42 bits per heavy atom. The van der Waals surface area contributed by atoms with E-state index in [1.807, 2.05) is 11.8 Å². The Labute approximate surface area is 114 Å². The minimum Gasteiger partial charge on any atom is -0.465 e. The normalized spacial score (nSPS) is 21.3. The van der Waals surface area contributed by atoms with Crippen molar-refractivity contribution in [2.45, 2.75) is 34.1 Å². The minimum absolute atomic E-state index is 0.0349. The van der Waals surface area contributed by atoms with Gasteiger partial charge >= 0.3 is 5.97 Å². The molecule has 1 saturated heterocycles. The van der Waals surface area contributed by atoms with E-state index >= 15 is 0 Å². The lowest BCUT2D eigenvalue weighted by Gasteiger charge is -2.31. The molecule has 1 rings (SSSR count). The molecule has 5 nitrogen and oxygen atoms in total. The van der Waals surface area contributed by atoms with Crippen LogP contribution in [0.5, 0.6) is 0 Å². The van der Waals surface area contributed by atoms with Gasteiger partial charge in [0.25, 0.3) is 0 Å². The third-order valence-electron chi connectivity index (χ3n) is 3.61. The van der Waals surface area contributed by atoms with E-state index in [0.29, 0.717) is 19.5 Å². The summed E-state index contributed by atoms with van der Waals surface area (Å²) in [5.41, 5.74) is -1.12. The molecule has 0 aromatic rings. The second-order valence-electron chi connectivity index (χ2n) is 5.62. The third kappa shape index (κ3) is 3.86. The Balaban J connectivity index is 2.59. The van der Waals surface area contributed by atoms with Crippen molar-refractivity contribution in [2.75, 3.05) is 26.2 Å². The Morgan fingerprint density at radius 2 is 2.05 bits per heavy atom. The van der Waals surface area contributed by atoms with Gasteiger partial charge < -0.3 is 4.74 Å². The van der Waals surface area contributed by atoms with Crippen LogP contribution in [0.2, 0.25) is 0 Å². The van der Waals surface area contributed by atoms with Crippen LogP contribution in [0.4, 0.5) is 0 Å². The van der Waals surface area contributed by atoms with Crippen molar-refractivity contribution in [3.63, 3.8) is 0 Å². The minimum atomic E-state index is -1.12. The zero-order chi connectivity index (χ0) is 14.6. The monoisotopic (exact) mass is 269 g/mol. The highest BCUT2D eigenvalue weighted by atomic mass is 16.5. The molecular formula is C14H23NO4. The van der Waals surface area contributed by atoms with Gasteiger partial charge in [0.2, 0.25) is 0 Å². The van der Waals surface area contributed by atoms with Gasteiger partial charge in [-0.1, -0.05) is 6.92 Å². The van der Waals surface area contributed by atoms with Crippen LogP contribution in [-0.2, 0) is 19.1 Å². The number of carbonyl (C=O) groups is 3. The number of ether oxygens (including phenoxy) is 1. The quantitative estimate of drug-likeness (QED) is 0.551. The molecule has 0 saturated carbocycles. The third-order valence-corrected chi connectivity index (χ3v) is 3.61. The Bertz CT molecular complexity index is 376. The number of nitrogens with zero attached hydrogens (tertiary/aromatic N) is 1. The second-order valence-corrected chi connectivity index (χ2v) is 5.62. The second kappa shape index (κ2) is 6.28. The molecule has 1 aliphatic heterocycles. The van der Waals surface area contributed by atoms with E-state index < -0.39 is 11.4 Å². The van der Waals surface area contributed by atoms with Crippen molar-refractivity contribution in [1.82, 2.24) is 4.90 Å². The predicted octanol–water partition coefficient (Wildman–Crippen LogP) is 1.06. The average molecular weight is 269 g/mol. The fraction of sp³-hybridized carbons (Fsp3) is 0.786. The molecule has 5 heteroatoms. The summed E-state index contributed by atoms with van der Waals surface area (Å²) in [6, 6.07) is 0. The molecule has 1 atom stereocenters. The van der Waals surface area contributed by atoms with Crippen molar-refractivity contribution < 1.29 is 19.1 Å². The molecule has 0 N–H and O–H groups in total. The summed E-state index contributed by atoms with van der Waals surface area (Å²) < 4.78 is 4.92. The lowest BCUT2D eigenvalue weighted by molar-refractivity contribution is -0.158. The molecule has 0 amide bonds. The van der Waals surface area contributed by atoms with Gasteiger partial charge in [-0.15, -0.1) is 0 Å². The van der Waals surface area contributed by atoms with E-state index in [1.54, 1.807) is 20.8 Å². The van der Waals surface area contributed by atoms with Gasteiger partial charge in [-0.05, 0) is 20.8 Å². The highest BCUT2D eigenvalue weighted by Crippen LogP contribution is 2.21. The number of esters is 1. The van der Waals surface area contributed by atoms with E-state index in [1.165, 1.54) is 0 Å². The van der Waals surface area contributed by atoms with Gasteiger partial charge in [-0.3, -0.25) is 19.3 Å². The van der Waals surface area contributed by atoms with E-state index in [-0.39, 0.29) is 30.6 Å². The Morgan fingerprint density at radius 3 is 2.58 bits per heavy atom. The first-order valence-electron chi connectivity index (χ1n) is 6.74. The molecule has 0 radical (unpaired) electrons. The highest BCUT2D eigenvalue weighted by molar-refractivity contribution is 6.03. The molecule has 1 fully saturated rings. The largest absolute Gasteiger partial charge is 0.465 e. The summed E-state index contributed by atoms with van der Waals surface area (Å²) in [6.07, 6.45) is 0.480. The van der Waals surface area contributed by atoms with Gasteiger partial charge in [0.15, 0.2) is 5.78 Å². The van der Waals surface area contributed by atoms with Crippen LogP contribution in [0.3, 0.4) is 0 Å². The number of ketones is 2. The number of hydrogen-bond acceptors (Lipinski definition) is 5. The highest BCUT2D eigenvalue weighted by Gasteiger charge is 2.38. The van der Waals surface area contributed by atoms with Crippen LogP contribution in [0.15, 0.2) is 0 Å². The first-order chi connectivity index (χ1) is 8.78. The van der Waals surface area contributed by atoms with Crippen LogP contribution < -0.4 is 0 Å². The summed E-state index contributed by atoms with van der Waals surface area (Å²) >= 11 is 0. The summed E-state index contributed by atoms with van der Waals surface area (Å²) in [5, 5.41) is 0. The van der Waals surface area contributed by atoms with Crippen LogP contribution in [-0.4, -0.2) is 48.7 Å². The summed E-state index contributed by atoms with van der Waals surface area (Å²) in [4.78, 5) is 37.3. The molecule has 1 unspecified atom stereocenters. The molecule has 0 aliphatic carbocycles. The topological polar surface area (TPSA) is 63.7 Å². The summed E-state index contributed by atoms with van der Waals surface area (Å²) in [7, 11) is 0. The fourth-order valence-corrected chi connectivity index (χ4v) is 2.06. The van der Waals surface area contributed by atoms with E-state index in [0.717, 1.165) is 0 Å². The van der Waals surface area contributed by atoms with Crippen LogP contribution >= 0.6 is 0 Å². The molecule has 1 heterocycles. The maximum absolute atomic E-state index is 12.2. The van der Waals surface area contributed by atoms with Crippen molar-refractivity contribution in [3.8, 4) is 0 Å². The summed E-state index contributed by atoms with van der Waals surface area (Å²) in [6.45, 7) is 8.41. The molecule has 108 valence electrons. The Kier molecular flexibility index (Phi) is 5.23. The number of hydrogen-bond donors (Lipinski definition) is 0. The van der Waals surface area contributed by atoms with Crippen LogP contribution in [0.1, 0.15) is 34.1 Å². The van der Waals surface area contributed by atoms with E-state index in [4.69, 9.17) is 4.74 Å². The van der Waals surface area contributed by atoms with Crippen LogP contribution in [0, 0.1) is 11.3 Å². The maximum atomic E-state index is 12.2. The van der Waals surface area contributed by atoms with Gasteiger partial charge in [-0.2, -0.15) is 0 Å². The zero-order valence-electron chi connectivity index (χ0n) is 12.2. The fourth-order valence-electron chi connectivity index (χ4n) is 2.06. The molecule has 0 aromatic heterocycles. The predicted molar refractivity (Wildman–Crippen MR) is 70.6 cm³/mol. The van der Waals surface area contributed by atoms with Gasteiger partial charge in [0, 0.05) is 25.4 Å². The molecule has 0 bridgehead atoms. The SMILES string of the molecule is CCOC(=O)C(C)(C)C(=O)CN1CCC(=O)C(C)C1. The lowest BCUT2D eigenvalue weighted by atomic mass is 9.87. The van der Waals surface area contributed by atoms with E-state index in [2.05, 4.69) is 0 Å². The number of Topliss-reactive ketones (excluding diaryl/α,β-unsaturated/α-hetero) is 2. The molecular weight excluding hydrogens is 246 g/mol. The number of piperidine rings is 1. The smallest absolute Gasteiger partial charge is 0.319 e. The number of likely N-dealkylation sites (tertiary alicyclic amines) is 1. The zero-order valence-corrected chi connectivity index (χ0v) is 12.2. The first kappa shape index (κ1) is 15.8. The molecule has 0 spiro atoms. The number of carbonyl (C=O) groups excluding carboxylic acids is 3. The van der Waals surface area contributed by atoms with Crippen LogP contribution in [0.25, 0.3) is 0 Å². The van der Waals surface area contributed by atoms with Gasteiger partial charge in [0.1, 0.15) is 11.2 Å². The van der Waals surface area contributed by atoms with Crippen molar-refractivity contribution >= 4 is 17.5 Å². The van der Waals surface area contributed by atoms with Gasteiger partial charge in [-0.25, -0.2) is 0 Å². The maximum Gasteiger partial charge on any atom is 0.319 e. The lowest BCUT2D eigenvalue weighted by Crippen LogP contribution is -2.47. The average Bonchev–Trinajstić information content (AvgIpc) is 2.34. The molecule has 0 aromatic carbocycles. The first-order valence-corrected chi connectivity index (χ1v) is 6.74. The molecule has 19 heavy (non-hydrogen) atoms. The Hall–Kier alpha value is -1.23. The molecule has 1 aliphatic rings. The van der Waals surface area contributed by atoms with Crippen molar-refractivity contribution in [2.24, 2.45) is 11.3 Å².